The molecule has 10 heteroatoms. The Morgan fingerprint density at radius 3 is 1.49 bits per heavy atom. The molecule has 9 nitrogen and oxygen atoms in total. The van der Waals surface area contributed by atoms with Crippen LogP contribution >= 0.6 is 7.82 Å². The van der Waals surface area contributed by atoms with E-state index in [-0.39, 0.29) is 32.0 Å². The summed E-state index contributed by atoms with van der Waals surface area (Å²) in [7, 11) is 1.48. The van der Waals surface area contributed by atoms with Gasteiger partial charge < -0.3 is 18.9 Å². The number of hydrogen-bond donors (Lipinski definition) is 1. The summed E-state index contributed by atoms with van der Waals surface area (Å²) in [6, 6.07) is 0. The molecule has 51 heavy (non-hydrogen) atoms. The molecule has 0 amide bonds. The number of hydrogen-bond acceptors (Lipinski definition) is 7. The Bertz CT molecular complexity index is 891. The van der Waals surface area contributed by atoms with Crippen LogP contribution in [-0.4, -0.2) is 74.9 Å². The highest BCUT2D eigenvalue weighted by Crippen LogP contribution is 2.43. The molecule has 0 rings (SSSR count). The Morgan fingerprint density at radius 2 is 1.00 bits per heavy atom. The summed E-state index contributed by atoms with van der Waals surface area (Å²) in [6.07, 6.45) is 33.9. The quantitative estimate of drug-likeness (QED) is 0.0219. The van der Waals surface area contributed by atoms with Crippen LogP contribution < -0.4 is 0 Å². The number of allylic oxidation sites excluding steroid dienone is 2. The zero-order chi connectivity index (χ0) is 37.9. The van der Waals surface area contributed by atoms with Crippen molar-refractivity contribution in [3.8, 4) is 0 Å². The maximum Gasteiger partial charge on any atom is 0.472 e. The number of nitrogens with zero attached hydrogens (tertiary/aromatic N) is 1. The SMILES string of the molecule is CCCCC/C=C/CCCCCCCC(=O)OC[C@H](COP(=O)(O)OCC[N+](C)(C)C)OC(=O)CCCCCCCCCCCCCCCCC. The Labute approximate surface area is 314 Å². The van der Waals surface area contributed by atoms with Crippen molar-refractivity contribution in [2.24, 2.45) is 0 Å². The van der Waals surface area contributed by atoms with E-state index in [9.17, 15) is 19.0 Å². The average molecular weight is 747 g/mol. The first-order chi connectivity index (χ1) is 24.5. The fraction of sp³-hybridized carbons (Fsp3) is 0.902. The lowest BCUT2D eigenvalue weighted by Gasteiger charge is -2.24. The predicted molar refractivity (Wildman–Crippen MR) is 211 cm³/mol. The highest BCUT2D eigenvalue weighted by molar-refractivity contribution is 7.47. The van der Waals surface area contributed by atoms with Gasteiger partial charge in [-0.05, 0) is 38.5 Å². The summed E-state index contributed by atoms with van der Waals surface area (Å²) >= 11 is 0. The second-order valence-corrected chi connectivity index (χ2v) is 16.8. The number of phosphoric ester groups is 1. The van der Waals surface area contributed by atoms with E-state index in [0.717, 1.165) is 51.4 Å². The molecule has 0 aromatic carbocycles. The molecule has 0 aliphatic carbocycles. The molecule has 2 atom stereocenters. The van der Waals surface area contributed by atoms with Crippen molar-refractivity contribution < 1.29 is 42.1 Å². The Hall–Kier alpha value is -1.25. The third kappa shape index (κ3) is 38.3. The molecule has 0 radical (unpaired) electrons. The standard InChI is InChI=1S/C41H80NO8P/c1-6-8-10-12-14-16-18-20-21-22-24-26-28-30-32-34-41(44)50-39(38-49-51(45,46)48-36-35-42(3,4)5)37-47-40(43)33-31-29-27-25-23-19-17-15-13-11-9-7-2/h15,17,39H,6-14,16,18-38H2,1-5H3/p+1/b17-15+/t39-/m1/s1. The van der Waals surface area contributed by atoms with Gasteiger partial charge >= 0.3 is 19.8 Å². The van der Waals surface area contributed by atoms with Crippen LogP contribution in [0.1, 0.15) is 187 Å². The van der Waals surface area contributed by atoms with Gasteiger partial charge in [-0.2, -0.15) is 0 Å². The van der Waals surface area contributed by atoms with Crippen molar-refractivity contribution in [3.63, 3.8) is 0 Å². The lowest BCUT2D eigenvalue weighted by atomic mass is 10.0. The van der Waals surface area contributed by atoms with Gasteiger partial charge in [0.2, 0.25) is 0 Å². The van der Waals surface area contributed by atoms with Gasteiger partial charge in [0.05, 0.1) is 27.7 Å². The van der Waals surface area contributed by atoms with E-state index in [1.165, 1.54) is 103 Å². The molecule has 1 unspecified atom stereocenters. The molecule has 0 aromatic rings. The Morgan fingerprint density at radius 1 is 0.588 bits per heavy atom. The van der Waals surface area contributed by atoms with Crippen LogP contribution in [-0.2, 0) is 32.7 Å². The minimum Gasteiger partial charge on any atom is -0.462 e. The molecule has 0 saturated carbocycles. The normalized spacial score (nSPS) is 13.8. The number of rotatable bonds is 38. The molecular weight excluding hydrogens is 665 g/mol. The van der Waals surface area contributed by atoms with Crippen molar-refractivity contribution >= 4 is 19.8 Å². The number of ether oxygens (including phenoxy) is 2. The molecule has 0 spiro atoms. The number of likely N-dealkylation sites (N-methyl/N-ethyl adjacent to an activating group) is 1. The summed E-state index contributed by atoms with van der Waals surface area (Å²) in [5.41, 5.74) is 0. The largest absolute Gasteiger partial charge is 0.472 e. The Balaban J connectivity index is 4.37. The first-order valence-corrected chi connectivity index (χ1v) is 22.4. The van der Waals surface area contributed by atoms with Gasteiger partial charge in [-0.3, -0.25) is 18.6 Å². The first kappa shape index (κ1) is 49.8. The second-order valence-electron chi connectivity index (χ2n) is 15.4. The maximum absolute atomic E-state index is 12.6. The molecule has 0 aliphatic rings. The lowest BCUT2D eigenvalue weighted by Crippen LogP contribution is -2.37. The molecule has 0 bridgehead atoms. The first-order valence-electron chi connectivity index (χ1n) is 20.9. The van der Waals surface area contributed by atoms with E-state index in [4.69, 9.17) is 18.5 Å². The molecule has 0 saturated heterocycles. The highest BCUT2D eigenvalue weighted by Gasteiger charge is 2.27. The van der Waals surface area contributed by atoms with Crippen LogP contribution in [0.25, 0.3) is 0 Å². The van der Waals surface area contributed by atoms with Crippen LogP contribution in [0.3, 0.4) is 0 Å². The van der Waals surface area contributed by atoms with Gasteiger partial charge in [0, 0.05) is 12.8 Å². The van der Waals surface area contributed by atoms with Crippen molar-refractivity contribution in [2.45, 2.75) is 193 Å². The zero-order valence-corrected chi connectivity index (χ0v) is 34.7. The van der Waals surface area contributed by atoms with Gasteiger partial charge in [-0.25, -0.2) is 4.57 Å². The minimum absolute atomic E-state index is 0.0334. The fourth-order valence-corrected chi connectivity index (χ4v) is 6.46. The monoisotopic (exact) mass is 747 g/mol. The number of unbranched alkanes of at least 4 members (excludes halogenated alkanes) is 22. The molecular formula is C41H81NO8P+. The summed E-state index contributed by atoms with van der Waals surface area (Å²) in [5.74, 6) is -0.802. The molecule has 0 heterocycles. The van der Waals surface area contributed by atoms with Gasteiger partial charge in [-0.1, -0.05) is 148 Å². The number of carbonyl (C=O) groups is 2. The van der Waals surface area contributed by atoms with Gasteiger partial charge in [0.1, 0.15) is 19.8 Å². The molecule has 0 fully saturated rings. The third-order valence-corrected chi connectivity index (χ3v) is 10.0. The van der Waals surface area contributed by atoms with E-state index < -0.39 is 26.5 Å². The fourth-order valence-electron chi connectivity index (χ4n) is 5.71. The summed E-state index contributed by atoms with van der Waals surface area (Å²) in [6.45, 7) is 4.40. The number of carbonyl (C=O) groups excluding carboxylic acids is 2. The van der Waals surface area contributed by atoms with Crippen molar-refractivity contribution in [2.75, 3.05) is 47.5 Å². The van der Waals surface area contributed by atoms with Crippen LogP contribution in [0.5, 0.6) is 0 Å². The predicted octanol–water partition coefficient (Wildman–Crippen LogP) is 11.4. The van der Waals surface area contributed by atoms with E-state index in [1.807, 2.05) is 21.1 Å². The minimum atomic E-state index is -4.37. The summed E-state index contributed by atoms with van der Waals surface area (Å²) in [4.78, 5) is 35.2. The average Bonchev–Trinajstić information content (AvgIpc) is 3.07. The second kappa shape index (κ2) is 34.5. The molecule has 302 valence electrons. The topological polar surface area (TPSA) is 108 Å². The molecule has 1 N–H and O–H groups in total. The van der Waals surface area contributed by atoms with Crippen LogP contribution in [0.4, 0.5) is 0 Å². The smallest absolute Gasteiger partial charge is 0.462 e. The van der Waals surface area contributed by atoms with E-state index in [1.54, 1.807) is 0 Å². The Kier molecular flexibility index (Phi) is 33.7. The van der Waals surface area contributed by atoms with E-state index in [2.05, 4.69) is 26.0 Å². The van der Waals surface area contributed by atoms with E-state index in [0.29, 0.717) is 17.4 Å². The van der Waals surface area contributed by atoms with Gasteiger partial charge in [-0.15, -0.1) is 0 Å². The lowest BCUT2D eigenvalue weighted by molar-refractivity contribution is -0.870. The molecule has 0 aliphatic heterocycles. The van der Waals surface area contributed by atoms with E-state index >= 15 is 0 Å². The van der Waals surface area contributed by atoms with Crippen molar-refractivity contribution in [3.05, 3.63) is 12.2 Å². The zero-order valence-electron chi connectivity index (χ0n) is 33.9. The van der Waals surface area contributed by atoms with Crippen LogP contribution in [0.2, 0.25) is 0 Å². The molecule has 0 aromatic heterocycles. The number of quaternary nitrogens is 1. The number of phosphoric acid groups is 1. The maximum atomic E-state index is 12.6. The highest BCUT2D eigenvalue weighted by atomic mass is 31.2. The summed E-state index contributed by atoms with van der Waals surface area (Å²) in [5, 5.41) is 0. The number of esters is 2. The third-order valence-electron chi connectivity index (χ3n) is 9.05. The van der Waals surface area contributed by atoms with Crippen molar-refractivity contribution in [1.82, 2.24) is 0 Å². The summed E-state index contributed by atoms with van der Waals surface area (Å²) < 4.78 is 34.2. The van der Waals surface area contributed by atoms with Gasteiger partial charge in [0.15, 0.2) is 6.10 Å². The van der Waals surface area contributed by atoms with Crippen LogP contribution in [0, 0.1) is 0 Å². The van der Waals surface area contributed by atoms with Gasteiger partial charge in [0.25, 0.3) is 0 Å². The van der Waals surface area contributed by atoms with Crippen LogP contribution in [0.15, 0.2) is 12.2 Å². The van der Waals surface area contributed by atoms with Crippen molar-refractivity contribution in [1.29, 1.82) is 0 Å².